The highest BCUT2D eigenvalue weighted by atomic mass is 79.9. The molecule has 148 valence electrons. The Kier molecular flexibility index (Phi) is 6.42. The van der Waals surface area contributed by atoms with Crippen molar-refractivity contribution in [2.75, 3.05) is 45.8 Å². The van der Waals surface area contributed by atoms with E-state index in [2.05, 4.69) is 34.7 Å². The van der Waals surface area contributed by atoms with Crippen LogP contribution in [0.25, 0.3) is 0 Å². The molecule has 0 aliphatic carbocycles. The Labute approximate surface area is 169 Å². The van der Waals surface area contributed by atoms with E-state index in [0.29, 0.717) is 50.1 Å². The second-order valence-electron chi connectivity index (χ2n) is 7.97. The number of hydrogen-bond acceptors (Lipinski definition) is 4. The molecule has 2 unspecified atom stereocenters. The molecule has 3 rings (SSSR count). The van der Waals surface area contributed by atoms with E-state index in [1.165, 1.54) is 12.5 Å². The number of carbonyl (C=O) groups is 2. The van der Waals surface area contributed by atoms with Gasteiger partial charge in [-0.1, -0.05) is 29.8 Å². The maximum absolute atomic E-state index is 12.7. The number of piperidine rings is 1. The van der Waals surface area contributed by atoms with E-state index >= 15 is 0 Å². The molecule has 2 aliphatic heterocycles. The molecule has 2 atom stereocenters. The molecule has 2 amide bonds. The Hall–Kier alpha value is -1.60. The van der Waals surface area contributed by atoms with E-state index in [4.69, 9.17) is 0 Å². The van der Waals surface area contributed by atoms with Crippen molar-refractivity contribution in [1.82, 2.24) is 14.7 Å². The van der Waals surface area contributed by atoms with Gasteiger partial charge in [0.05, 0.1) is 12.1 Å². The zero-order valence-electron chi connectivity index (χ0n) is 16.0. The van der Waals surface area contributed by atoms with Crippen molar-refractivity contribution in [3.05, 3.63) is 28.2 Å². The zero-order chi connectivity index (χ0) is 19.6. The van der Waals surface area contributed by atoms with Gasteiger partial charge in [-0.2, -0.15) is 0 Å². The van der Waals surface area contributed by atoms with E-state index in [1.54, 1.807) is 17.0 Å². The smallest absolute Gasteiger partial charge is 0.257 e. The Morgan fingerprint density at radius 3 is 2.33 bits per heavy atom. The molecule has 2 heterocycles. The number of carbonyl (C=O) groups excluding carboxylic acids is 2. The summed E-state index contributed by atoms with van der Waals surface area (Å²) in [5, 5.41) is 9.97. The first-order valence-corrected chi connectivity index (χ1v) is 10.4. The molecule has 0 saturated carbocycles. The molecule has 1 aromatic carbocycles. The minimum atomic E-state index is -0.168. The predicted molar refractivity (Wildman–Crippen MR) is 108 cm³/mol. The van der Waals surface area contributed by atoms with Gasteiger partial charge in [0.2, 0.25) is 5.91 Å². The van der Waals surface area contributed by atoms with Crippen molar-refractivity contribution in [3.8, 4) is 5.75 Å². The first-order chi connectivity index (χ1) is 12.8. The molecule has 1 N–H and O–H groups in total. The van der Waals surface area contributed by atoms with Gasteiger partial charge in [-0.15, -0.1) is 0 Å². The van der Waals surface area contributed by atoms with Crippen LogP contribution in [0.15, 0.2) is 22.7 Å². The molecule has 0 radical (unpaired) electrons. The van der Waals surface area contributed by atoms with E-state index in [0.717, 1.165) is 17.6 Å². The monoisotopic (exact) mass is 437 g/mol. The van der Waals surface area contributed by atoms with Crippen LogP contribution >= 0.6 is 15.9 Å². The second kappa shape index (κ2) is 8.61. The number of aromatic hydroxyl groups is 1. The lowest BCUT2D eigenvalue weighted by atomic mass is 9.92. The van der Waals surface area contributed by atoms with Crippen LogP contribution in [0, 0.1) is 11.8 Å². The average molecular weight is 438 g/mol. The summed E-state index contributed by atoms with van der Waals surface area (Å²) >= 11 is 3.34. The van der Waals surface area contributed by atoms with Gasteiger partial charge in [0.25, 0.3) is 5.91 Å². The quantitative estimate of drug-likeness (QED) is 0.788. The maximum Gasteiger partial charge on any atom is 0.257 e. The van der Waals surface area contributed by atoms with E-state index in [9.17, 15) is 14.7 Å². The minimum absolute atomic E-state index is 0.00542. The van der Waals surface area contributed by atoms with Crippen molar-refractivity contribution in [2.45, 2.75) is 20.3 Å². The number of amides is 2. The van der Waals surface area contributed by atoms with Gasteiger partial charge in [0.1, 0.15) is 5.75 Å². The van der Waals surface area contributed by atoms with Crippen LogP contribution in [0.4, 0.5) is 0 Å². The number of rotatable bonds is 3. The number of hydrogen-bond donors (Lipinski definition) is 1. The normalized spacial score (nSPS) is 24.1. The summed E-state index contributed by atoms with van der Waals surface area (Å²) < 4.78 is 0.762. The molecule has 6 nitrogen and oxygen atoms in total. The molecule has 2 saturated heterocycles. The Morgan fingerprint density at radius 2 is 1.70 bits per heavy atom. The third-order valence-corrected chi connectivity index (χ3v) is 5.92. The van der Waals surface area contributed by atoms with E-state index in [-0.39, 0.29) is 17.6 Å². The summed E-state index contributed by atoms with van der Waals surface area (Å²) in [6.07, 6.45) is 1.19. The summed E-state index contributed by atoms with van der Waals surface area (Å²) in [5.41, 5.74) is 0.310. The van der Waals surface area contributed by atoms with Crippen molar-refractivity contribution in [3.63, 3.8) is 0 Å². The standard InChI is InChI=1S/C20H28BrN3O3/c1-14-9-15(2)12-24(11-14)19(26)13-22-5-7-23(8-6-22)20(27)17-10-16(21)3-4-18(17)25/h3-4,10,14-15,25H,5-9,11-13H2,1-2H3. The molecule has 7 heteroatoms. The summed E-state index contributed by atoms with van der Waals surface area (Å²) in [4.78, 5) is 31.2. The Balaban J connectivity index is 1.52. The SMILES string of the molecule is CC1CC(C)CN(C(=O)CN2CCN(C(=O)c3cc(Br)ccc3O)CC2)C1. The highest BCUT2D eigenvalue weighted by molar-refractivity contribution is 9.10. The van der Waals surface area contributed by atoms with Gasteiger partial charge >= 0.3 is 0 Å². The molecule has 0 bridgehead atoms. The van der Waals surface area contributed by atoms with Crippen LogP contribution in [-0.2, 0) is 4.79 Å². The third-order valence-electron chi connectivity index (χ3n) is 5.43. The lowest BCUT2D eigenvalue weighted by Crippen LogP contribution is -2.53. The summed E-state index contributed by atoms with van der Waals surface area (Å²) in [7, 11) is 0. The first kappa shape index (κ1) is 20.1. The van der Waals surface area contributed by atoms with Gasteiger partial charge in [-0.25, -0.2) is 0 Å². The fourth-order valence-electron chi connectivity index (χ4n) is 4.12. The van der Waals surface area contributed by atoms with Crippen LogP contribution in [0.3, 0.4) is 0 Å². The number of nitrogens with zero attached hydrogens (tertiary/aromatic N) is 3. The second-order valence-corrected chi connectivity index (χ2v) is 8.89. The fraction of sp³-hybridized carbons (Fsp3) is 0.600. The number of piperazine rings is 1. The molecular weight excluding hydrogens is 410 g/mol. The number of phenolic OH excluding ortho intramolecular Hbond substituents is 1. The number of likely N-dealkylation sites (tertiary alicyclic amines) is 1. The average Bonchev–Trinajstić information content (AvgIpc) is 2.63. The molecule has 0 aromatic heterocycles. The fourth-order valence-corrected chi connectivity index (χ4v) is 4.48. The van der Waals surface area contributed by atoms with Gasteiger partial charge in [0, 0.05) is 43.7 Å². The highest BCUT2D eigenvalue weighted by Gasteiger charge is 2.29. The molecule has 2 aliphatic rings. The van der Waals surface area contributed by atoms with Gasteiger partial charge in [-0.05, 0) is 36.5 Å². The van der Waals surface area contributed by atoms with Gasteiger partial charge in [-0.3, -0.25) is 14.5 Å². The van der Waals surface area contributed by atoms with Gasteiger partial charge < -0.3 is 14.9 Å². The molecule has 0 spiro atoms. The molecule has 1 aromatic rings. The third kappa shape index (κ3) is 5.02. The van der Waals surface area contributed by atoms with Gasteiger partial charge in [0.15, 0.2) is 0 Å². The number of halogens is 1. The number of phenols is 1. The summed E-state index contributed by atoms with van der Waals surface area (Å²) in [6.45, 7) is 9.00. The van der Waals surface area contributed by atoms with Crippen LogP contribution in [0.2, 0.25) is 0 Å². The maximum atomic E-state index is 12.7. The number of benzene rings is 1. The molecular formula is C20H28BrN3O3. The van der Waals surface area contributed by atoms with Crippen molar-refractivity contribution in [2.24, 2.45) is 11.8 Å². The minimum Gasteiger partial charge on any atom is -0.507 e. The summed E-state index contributed by atoms with van der Waals surface area (Å²) in [5.74, 6) is 1.14. The first-order valence-electron chi connectivity index (χ1n) is 9.61. The predicted octanol–water partition coefficient (Wildman–Crippen LogP) is 2.42. The van der Waals surface area contributed by atoms with Crippen molar-refractivity contribution >= 4 is 27.7 Å². The van der Waals surface area contributed by atoms with Crippen molar-refractivity contribution in [1.29, 1.82) is 0 Å². The highest BCUT2D eigenvalue weighted by Crippen LogP contribution is 2.24. The molecule has 2 fully saturated rings. The van der Waals surface area contributed by atoms with Crippen LogP contribution in [0.5, 0.6) is 5.75 Å². The zero-order valence-corrected chi connectivity index (χ0v) is 17.6. The van der Waals surface area contributed by atoms with Crippen molar-refractivity contribution < 1.29 is 14.7 Å². The lowest BCUT2D eigenvalue weighted by molar-refractivity contribution is -0.135. The van der Waals surface area contributed by atoms with E-state index in [1.807, 2.05) is 4.90 Å². The largest absolute Gasteiger partial charge is 0.507 e. The molecule has 27 heavy (non-hydrogen) atoms. The topological polar surface area (TPSA) is 64.1 Å². The summed E-state index contributed by atoms with van der Waals surface area (Å²) in [6, 6.07) is 4.87. The van der Waals surface area contributed by atoms with Crippen LogP contribution in [-0.4, -0.2) is 77.4 Å². The Bertz CT molecular complexity index is 694. The van der Waals surface area contributed by atoms with E-state index < -0.39 is 0 Å². The van der Waals surface area contributed by atoms with Crippen LogP contribution < -0.4 is 0 Å². The van der Waals surface area contributed by atoms with Crippen LogP contribution in [0.1, 0.15) is 30.6 Å². The lowest BCUT2D eigenvalue weighted by Gasteiger charge is -2.38. The Morgan fingerprint density at radius 1 is 1.07 bits per heavy atom.